The average molecular weight is 274 g/mol. The van der Waals surface area contributed by atoms with Crippen LogP contribution in [0.4, 0.5) is 0 Å². The molecule has 20 heavy (non-hydrogen) atoms. The van der Waals surface area contributed by atoms with E-state index in [1.807, 2.05) is 6.07 Å². The van der Waals surface area contributed by atoms with Crippen molar-refractivity contribution < 1.29 is 4.79 Å². The maximum absolute atomic E-state index is 12.3. The Morgan fingerprint density at radius 3 is 2.60 bits per heavy atom. The lowest BCUT2D eigenvalue weighted by molar-refractivity contribution is -0.131. The monoisotopic (exact) mass is 274 g/mol. The Bertz CT molecular complexity index is 424. The molecule has 0 bridgehead atoms. The molecule has 2 N–H and O–H groups in total. The molecule has 0 aliphatic carbocycles. The van der Waals surface area contributed by atoms with Crippen LogP contribution in [0.1, 0.15) is 44.6 Å². The van der Waals surface area contributed by atoms with Gasteiger partial charge in [-0.15, -0.1) is 0 Å². The summed E-state index contributed by atoms with van der Waals surface area (Å²) in [5, 5.41) is 6.44. The SMILES string of the molecule is CC(CCNC(=O)C1(C)CCNCC1)c1ccccc1. The summed E-state index contributed by atoms with van der Waals surface area (Å²) in [4.78, 5) is 12.3. The number of carbonyl (C=O) groups excluding carboxylic acids is 1. The largest absolute Gasteiger partial charge is 0.356 e. The summed E-state index contributed by atoms with van der Waals surface area (Å²) in [5.74, 6) is 0.705. The smallest absolute Gasteiger partial charge is 0.226 e. The van der Waals surface area contributed by atoms with Gasteiger partial charge in [-0.05, 0) is 43.8 Å². The zero-order valence-corrected chi connectivity index (χ0v) is 12.6. The molecule has 0 spiro atoms. The van der Waals surface area contributed by atoms with E-state index in [1.165, 1.54) is 5.56 Å². The quantitative estimate of drug-likeness (QED) is 0.867. The van der Waals surface area contributed by atoms with Gasteiger partial charge in [-0.25, -0.2) is 0 Å². The topological polar surface area (TPSA) is 41.1 Å². The normalized spacial score (nSPS) is 19.3. The predicted octanol–water partition coefficient (Wildman–Crippen LogP) is 2.69. The third-order valence-corrected chi connectivity index (χ3v) is 4.49. The molecule has 3 heteroatoms. The number of piperidine rings is 1. The van der Waals surface area contributed by atoms with Crippen LogP contribution >= 0.6 is 0 Å². The van der Waals surface area contributed by atoms with Crippen molar-refractivity contribution in [3.8, 4) is 0 Å². The zero-order chi connectivity index (χ0) is 14.4. The first kappa shape index (κ1) is 15.0. The predicted molar refractivity (Wildman–Crippen MR) is 82.7 cm³/mol. The highest BCUT2D eigenvalue weighted by Crippen LogP contribution is 2.28. The second-order valence-electron chi connectivity index (χ2n) is 6.17. The van der Waals surface area contributed by atoms with Crippen molar-refractivity contribution in [2.24, 2.45) is 5.41 Å². The summed E-state index contributed by atoms with van der Waals surface area (Å²) in [6.07, 6.45) is 2.87. The van der Waals surface area contributed by atoms with E-state index in [9.17, 15) is 4.79 Å². The van der Waals surface area contributed by atoms with Crippen molar-refractivity contribution in [1.82, 2.24) is 10.6 Å². The Balaban J connectivity index is 1.76. The van der Waals surface area contributed by atoms with E-state index < -0.39 is 0 Å². The summed E-state index contributed by atoms with van der Waals surface area (Å²) >= 11 is 0. The Morgan fingerprint density at radius 1 is 1.30 bits per heavy atom. The van der Waals surface area contributed by atoms with E-state index in [2.05, 4.69) is 48.7 Å². The zero-order valence-electron chi connectivity index (χ0n) is 12.6. The fourth-order valence-electron chi connectivity index (χ4n) is 2.77. The lowest BCUT2D eigenvalue weighted by Crippen LogP contribution is -2.46. The van der Waals surface area contributed by atoms with Gasteiger partial charge in [-0.3, -0.25) is 4.79 Å². The van der Waals surface area contributed by atoms with Gasteiger partial charge in [-0.1, -0.05) is 44.2 Å². The Hall–Kier alpha value is -1.35. The maximum atomic E-state index is 12.3. The van der Waals surface area contributed by atoms with Crippen molar-refractivity contribution in [1.29, 1.82) is 0 Å². The van der Waals surface area contributed by atoms with Gasteiger partial charge in [0.2, 0.25) is 5.91 Å². The molecule has 110 valence electrons. The van der Waals surface area contributed by atoms with Crippen molar-refractivity contribution in [3.63, 3.8) is 0 Å². The Morgan fingerprint density at radius 2 is 1.95 bits per heavy atom. The molecule has 0 aromatic heterocycles. The highest BCUT2D eigenvalue weighted by Gasteiger charge is 2.34. The first-order valence-corrected chi connectivity index (χ1v) is 7.66. The Labute approximate surface area is 122 Å². The molecule has 2 rings (SSSR count). The molecular weight excluding hydrogens is 248 g/mol. The van der Waals surface area contributed by atoms with Crippen molar-refractivity contribution in [2.75, 3.05) is 19.6 Å². The van der Waals surface area contributed by atoms with E-state index in [0.29, 0.717) is 5.92 Å². The molecule has 3 nitrogen and oxygen atoms in total. The van der Waals surface area contributed by atoms with E-state index in [1.54, 1.807) is 0 Å². The number of nitrogens with one attached hydrogen (secondary N) is 2. The molecule has 1 atom stereocenters. The minimum absolute atomic E-state index is 0.179. The first-order valence-electron chi connectivity index (χ1n) is 7.66. The van der Waals surface area contributed by atoms with Gasteiger partial charge >= 0.3 is 0 Å². The first-order chi connectivity index (χ1) is 9.62. The number of benzene rings is 1. The number of hydrogen-bond acceptors (Lipinski definition) is 2. The fraction of sp³-hybridized carbons (Fsp3) is 0.588. The fourth-order valence-corrected chi connectivity index (χ4v) is 2.77. The molecular formula is C17H26N2O. The van der Waals surface area contributed by atoms with Crippen LogP contribution in [-0.4, -0.2) is 25.5 Å². The second-order valence-corrected chi connectivity index (χ2v) is 6.17. The van der Waals surface area contributed by atoms with Gasteiger partial charge < -0.3 is 10.6 Å². The molecule has 1 fully saturated rings. The van der Waals surface area contributed by atoms with Crippen LogP contribution in [0.3, 0.4) is 0 Å². The number of amides is 1. The summed E-state index contributed by atoms with van der Waals surface area (Å²) in [6, 6.07) is 10.5. The average Bonchev–Trinajstić information content (AvgIpc) is 2.48. The molecule has 1 unspecified atom stereocenters. The maximum Gasteiger partial charge on any atom is 0.226 e. The van der Waals surface area contributed by atoms with E-state index in [-0.39, 0.29) is 11.3 Å². The highest BCUT2D eigenvalue weighted by molar-refractivity contribution is 5.82. The third-order valence-electron chi connectivity index (χ3n) is 4.49. The molecule has 1 saturated heterocycles. The lowest BCUT2D eigenvalue weighted by Gasteiger charge is -2.32. The van der Waals surface area contributed by atoms with E-state index in [4.69, 9.17) is 0 Å². The molecule has 0 radical (unpaired) electrons. The van der Waals surface area contributed by atoms with Crippen LogP contribution in [0.25, 0.3) is 0 Å². The summed E-state index contributed by atoms with van der Waals surface area (Å²) < 4.78 is 0. The van der Waals surface area contributed by atoms with Gasteiger partial charge in [0.25, 0.3) is 0 Å². The van der Waals surface area contributed by atoms with Crippen molar-refractivity contribution >= 4 is 5.91 Å². The van der Waals surface area contributed by atoms with Crippen molar-refractivity contribution in [3.05, 3.63) is 35.9 Å². The Kier molecular flexibility index (Phi) is 5.18. The molecule has 1 aromatic rings. The third kappa shape index (κ3) is 3.83. The minimum atomic E-state index is -0.179. The van der Waals surface area contributed by atoms with Crippen molar-refractivity contribution in [2.45, 2.75) is 39.0 Å². The lowest BCUT2D eigenvalue weighted by atomic mass is 9.80. The van der Waals surface area contributed by atoms with E-state index in [0.717, 1.165) is 38.9 Å². The van der Waals surface area contributed by atoms with Gasteiger partial charge in [0.1, 0.15) is 0 Å². The minimum Gasteiger partial charge on any atom is -0.356 e. The van der Waals surface area contributed by atoms with Crippen LogP contribution in [0.2, 0.25) is 0 Å². The highest BCUT2D eigenvalue weighted by atomic mass is 16.2. The molecule has 1 aliphatic rings. The molecule has 1 heterocycles. The molecule has 1 aromatic carbocycles. The van der Waals surface area contributed by atoms with Gasteiger partial charge in [0.05, 0.1) is 0 Å². The number of hydrogen-bond donors (Lipinski definition) is 2. The van der Waals surface area contributed by atoms with Gasteiger partial charge in [-0.2, -0.15) is 0 Å². The van der Waals surface area contributed by atoms with Crippen LogP contribution in [-0.2, 0) is 4.79 Å². The van der Waals surface area contributed by atoms with Gasteiger partial charge in [0, 0.05) is 12.0 Å². The molecule has 1 amide bonds. The second kappa shape index (κ2) is 6.89. The summed E-state index contributed by atoms with van der Waals surface area (Å²) in [5.41, 5.74) is 1.16. The summed E-state index contributed by atoms with van der Waals surface area (Å²) in [6.45, 7) is 6.96. The molecule has 1 aliphatic heterocycles. The van der Waals surface area contributed by atoms with Gasteiger partial charge in [0.15, 0.2) is 0 Å². The van der Waals surface area contributed by atoms with Crippen LogP contribution in [0, 0.1) is 5.41 Å². The van der Waals surface area contributed by atoms with Crippen LogP contribution in [0.15, 0.2) is 30.3 Å². The summed E-state index contributed by atoms with van der Waals surface area (Å²) in [7, 11) is 0. The number of rotatable bonds is 5. The van der Waals surface area contributed by atoms with E-state index >= 15 is 0 Å². The number of carbonyl (C=O) groups is 1. The molecule has 0 saturated carbocycles. The van der Waals surface area contributed by atoms with Crippen LogP contribution in [0.5, 0.6) is 0 Å². The standard InChI is InChI=1S/C17H26N2O/c1-14(15-6-4-3-5-7-15)8-11-19-16(20)17(2)9-12-18-13-10-17/h3-7,14,18H,8-13H2,1-2H3,(H,19,20). The van der Waals surface area contributed by atoms with Crippen LogP contribution < -0.4 is 10.6 Å².